The number of hydrogen-bond donors (Lipinski definition) is 1. The Hall–Kier alpha value is -2.99. The average Bonchev–Trinajstić information content (AvgIpc) is 2.73. The smallest absolute Gasteiger partial charge is 0.262 e. The second-order valence-electron chi connectivity index (χ2n) is 6.89. The minimum absolute atomic E-state index is 0.162. The Morgan fingerprint density at radius 1 is 1.00 bits per heavy atom. The van der Waals surface area contributed by atoms with Gasteiger partial charge in [0.05, 0.1) is 5.39 Å². The summed E-state index contributed by atoms with van der Waals surface area (Å²) in [6, 6.07) is 18.1. The first-order valence-corrected chi connectivity index (χ1v) is 9.95. The van der Waals surface area contributed by atoms with Gasteiger partial charge in [-0.3, -0.25) is 9.78 Å². The number of fused-ring (bicyclic) bond motifs is 2. The van der Waals surface area contributed by atoms with Crippen molar-refractivity contribution in [2.75, 3.05) is 11.4 Å². The van der Waals surface area contributed by atoms with Crippen LogP contribution < -0.4 is 10.5 Å². The topological polar surface area (TPSA) is 61.9 Å². The van der Waals surface area contributed by atoms with Gasteiger partial charge in [-0.25, -0.2) is 4.98 Å². The number of nitrogens with one attached hydrogen (secondary N) is 1. The van der Waals surface area contributed by atoms with Gasteiger partial charge in [0.25, 0.3) is 5.56 Å². The summed E-state index contributed by atoms with van der Waals surface area (Å²) < 4.78 is 0.995. The van der Waals surface area contributed by atoms with Gasteiger partial charge in [-0.05, 0) is 46.9 Å². The summed E-state index contributed by atoms with van der Waals surface area (Å²) in [5, 5.41) is 0.519. The summed E-state index contributed by atoms with van der Waals surface area (Å²) in [5.41, 5.74) is 4.73. The van der Waals surface area contributed by atoms with Crippen LogP contribution in [0, 0.1) is 0 Å². The second-order valence-corrected chi connectivity index (χ2v) is 7.81. The van der Waals surface area contributed by atoms with E-state index in [2.05, 4.69) is 54.0 Å². The van der Waals surface area contributed by atoms with Crippen molar-refractivity contribution < 1.29 is 0 Å². The molecule has 1 N–H and O–H groups in total. The van der Waals surface area contributed by atoms with Crippen molar-refractivity contribution >= 4 is 32.9 Å². The highest BCUT2D eigenvalue weighted by molar-refractivity contribution is 9.10. The second kappa shape index (κ2) is 6.87. The molecule has 0 amide bonds. The minimum Gasteiger partial charge on any atom is -0.338 e. The lowest BCUT2D eigenvalue weighted by Gasteiger charge is -2.29. The molecule has 0 bridgehead atoms. The molecule has 0 spiro atoms. The summed E-state index contributed by atoms with van der Waals surface area (Å²) in [4.78, 5) is 27.1. The molecule has 0 radical (unpaired) electrons. The Morgan fingerprint density at radius 3 is 2.61 bits per heavy atom. The summed E-state index contributed by atoms with van der Waals surface area (Å²) in [6.45, 7) is 1.55. The zero-order valence-corrected chi connectivity index (χ0v) is 16.6. The largest absolute Gasteiger partial charge is 0.338 e. The van der Waals surface area contributed by atoms with Crippen LogP contribution in [0.3, 0.4) is 0 Å². The molecule has 3 heterocycles. The quantitative estimate of drug-likeness (QED) is 0.512. The van der Waals surface area contributed by atoms with Gasteiger partial charge in [0, 0.05) is 23.8 Å². The molecule has 1 aliphatic heterocycles. The van der Waals surface area contributed by atoms with Crippen molar-refractivity contribution in [3.63, 3.8) is 0 Å². The minimum atomic E-state index is -0.162. The predicted octanol–water partition coefficient (Wildman–Crippen LogP) is 4.31. The monoisotopic (exact) mass is 432 g/mol. The summed E-state index contributed by atoms with van der Waals surface area (Å²) >= 11 is 3.45. The van der Waals surface area contributed by atoms with Gasteiger partial charge >= 0.3 is 0 Å². The van der Waals surface area contributed by atoms with E-state index >= 15 is 0 Å². The van der Waals surface area contributed by atoms with E-state index < -0.39 is 0 Å². The molecule has 0 atom stereocenters. The van der Waals surface area contributed by atoms with Crippen LogP contribution in [-0.4, -0.2) is 21.5 Å². The van der Waals surface area contributed by atoms with Crippen molar-refractivity contribution in [2.24, 2.45) is 0 Å². The van der Waals surface area contributed by atoms with E-state index in [9.17, 15) is 4.79 Å². The van der Waals surface area contributed by atoms with E-state index in [-0.39, 0.29) is 5.56 Å². The summed E-state index contributed by atoms with van der Waals surface area (Å²) in [5.74, 6) is 0.576. The van der Waals surface area contributed by atoms with Gasteiger partial charge in [-0.15, -0.1) is 0 Å². The summed E-state index contributed by atoms with van der Waals surface area (Å²) in [6.07, 6.45) is 2.64. The molecule has 0 saturated carbocycles. The number of pyridine rings is 1. The number of hydrogen-bond acceptors (Lipinski definition) is 4. The molecule has 5 nitrogen and oxygen atoms in total. The number of anilines is 1. The molecule has 138 valence electrons. The molecular formula is C22H17BrN4O. The molecule has 5 rings (SSSR count). The van der Waals surface area contributed by atoms with Crippen molar-refractivity contribution in [3.8, 4) is 11.1 Å². The van der Waals surface area contributed by atoms with Crippen molar-refractivity contribution in [3.05, 3.63) is 86.7 Å². The lowest BCUT2D eigenvalue weighted by atomic mass is 10.0. The van der Waals surface area contributed by atoms with Crippen LogP contribution in [0.15, 0.2) is 70.1 Å². The maximum Gasteiger partial charge on any atom is 0.262 e. The first kappa shape index (κ1) is 17.1. The average molecular weight is 433 g/mol. The fourth-order valence-electron chi connectivity index (χ4n) is 3.75. The molecule has 0 unspecified atom stereocenters. The summed E-state index contributed by atoms with van der Waals surface area (Å²) in [7, 11) is 0. The molecule has 28 heavy (non-hydrogen) atoms. The Kier molecular flexibility index (Phi) is 4.20. The molecule has 0 fully saturated rings. The first-order chi connectivity index (χ1) is 13.7. The SMILES string of the molecule is O=c1[nH]c(N2CCc3ccccc3C2)nc2nccc(-c3ccc(Br)cc3)c12. The Bertz CT molecular complexity index is 1230. The third-order valence-corrected chi connectivity index (χ3v) is 5.71. The number of benzene rings is 2. The first-order valence-electron chi connectivity index (χ1n) is 9.16. The number of H-pyrrole nitrogens is 1. The molecule has 6 heteroatoms. The van der Waals surface area contributed by atoms with E-state index in [4.69, 9.17) is 0 Å². The third kappa shape index (κ3) is 2.99. The number of halogens is 1. The standard InChI is InChI=1S/C22H17BrN4O/c23-17-7-5-15(6-8-17)18-9-11-24-20-19(18)21(28)26-22(25-20)27-12-10-14-3-1-2-4-16(14)13-27/h1-9,11H,10,12-13H2,(H,24,25,26,28). The van der Waals surface area contributed by atoms with Crippen LogP contribution >= 0.6 is 15.9 Å². The van der Waals surface area contributed by atoms with E-state index in [0.29, 0.717) is 17.0 Å². The number of nitrogens with zero attached hydrogens (tertiary/aromatic N) is 3. The van der Waals surface area contributed by atoms with Crippen LogP contribution in [-0.2, 0) is 13.0 Å². The molecule has 0 aliphatic carbocycles. The Balaban J connectivity index is 1.59. The van der Waals surface area contributed by atoms with Crippen LogP contribution in [0.25, 0.3) is 22.2 Å². The molecule has 2 aromatic heterocycles. The fourth-order valence-corrected chi connectivity index (χ4v) is 4.01. The van der Waals surface area contributed by atoms with Gasteiger partial charge in [0.15, 0.2) is 5.65 Å². The van der Waals surface area contributed by atoms with E-state index in [1.165, 1.54) is 11.1 Å². The van der Waals surface area contributed by atoms with Crippen LogP contribution in [0.5, 0.6) is 0 Å². The zero-order valence-electron chi connectivity index (χ0n) is 15.0. The van der Waals surface area contributed by atoms with Crippen LogP contribution in [0.4, 0.5) is 5.95 Å². The highest BCUT2D eigenvalue weighted by atomic mass is 79.9. The van der Waals surface area contributed by atoms with E-state index in [1.807, 2.05) is 36.4 Å². The predicted molar refractivity (Wildman–Crippen MR) is 114 cm³/mol. The number of rotatable bonds is 2. The van der Waals surface area contributed by atoms with Crippen LogP contribution in [0.2, 0.25) is 0 Å². The van der Waals surface area contributed by atoms with Crippen molar-refractivity contribution in [1.29, 1.82) is 0 Å². The number of aromatic amines is 1. The van der Waals surface area contributed by atoms with E-state index in [0.717, 1.165) is 35.1 Å². The van der Waals surface area contributed by atoms with Crippen molar-refractivity contribution in [1.82, 2.24) is 15.0 Å². The molecule has 0 saturated heterocycles. The lowest BCUT2D eigenvalue weighted by molar-refractivity contribution is 0.708. The lowest BCUT2D eigenvalue weighted by Crippen LogP contribution is -2.33. The highest BCUT2D eigenvalue weighted by Crippen LogP contribution is 2.27. The van der Waals surface area contributed by atoms with Gasteiger partial charge in [-0.1, -0.05) is 52.3 Å². The molecule has 4 aromatic rings. The Labute approximate surface area is 170 Å². The van der Waals surface area contributed by atoms with Gasteiger partial charge < -0.3 is 4.90 Å². The molecular weight excluding hydrogens is 416 g/mol. The zero-order chi connectivity index (χ0) is 19.1. The van der Waals surface area contributed by atoms with Gasteiger partial charge in [-0.2, -0.15) is 4.98 Å². The normalized spacial score (nSPS) is 13.5. The van der Waals surface area contributed by atoms with Crippen molar-refractivity contribution in [2.45, 2.75) is 13.0 Å². The maximum absolute atomic E-state index is 13.0. The van der Waals surface area contributed by atoms with Gasteiger partial charge in [0.2, 0.25) is 5.95 Å². The highest BCUT2D eigenvalue weighted by Gasteiger charge is 2.19. The van der Waals surface area contributed by atoms with Crippen LogP contribution in [0.1, 0.15) is 11.1 Å². The van der Waals surface area contributed by atoms with E-state index in [1.54, 1.807) is 6.20 Å². The fraction of sp³-hybridized carbons (Fsp3) is 0.136. The number of aromatic nitrogens is 3. The Morgan fingerprint density at radius 2 is 1.79 bits per heavy atom. The molecule has 2 aromatic carbocycles. The third-order valence-electron chi connectivity index (χ3n) is 5.18. The maximum atomic E-state index is 13.0. The van der Waals surface area contributed by atoms with Gasteiger partial charge in [0.1, 0.15) is 0 Å². The molecule has 1 aliphatic rings.